The molecule has 0 saturated heterocycles. The van der Waals surface area contributed by atoms with Crippen LogP contribution in [0.1, 0.15) is 38.2 Å². The molecule has 2 N–H and O–H groups in total. The molecule has 2 amide bonds. The molecule has 2 rings (SSSR count). The zero-order chi connectivity index (χ0) is 13.8. The number of urea groups is 1. The van der Waals surface area contributed by atoms with E-state index >= 15 is 0 Å². The van der Waals surface area contributed by atoms with Crippen molar-refractivity contribution in [3.63, 3.8) is 0 Å². The fraction of sp³-hybridized carbons (Fsp3) is 0.533. The van der Waals surface area contributed by atoms with Crippen molar-refractivity contribution >= 4 is 11.7 Å². The topological polar surface area (TPSA) is 41.1 Å². The lowest BCUT2D eigenvalue weighted by molar-refractivity contribution is 0.232. The molecule has 1 aliphatic rings. The summed E-state index contributed by atoms with van der Waals surface area (Å²) >= 11 is 0. The Morgan fingerprint density at radius 1 is 1.32 bits per heavy atom. The van der Waals surface area contributed by atoms with Gasteiger partial charge in [0.1, 0.15) is 5.82 Å². The molecule has 0 aromatic heterocycles. The zero-order valence-corrected chi connectivity index (χ0v) is 11.5. The monoisotopic (exact) mass is 264 g/mol. The highest BCUT2D eigenvalue weighted by Gasteiger charge is 2.22. The minimum Gasteiger partial charge on any atom is -0.335 e. The van der Waals surface area contributed by atoms with Crippen LogP contribution in [0.2, 0.25) is 0 Å². The molecular weight excluding hydrogens is 243 g/mol. The molecule has 0 aliphatic heterocycles. The normalized spacial score (nSPS) is 22.9. The highest BCUT2D eigenvalue weighted by Crippen LogP contribution is 2.23. The van der Waals surface area contributed by atoms with E-state index in [1.807, 2.05) is 0 Å². The molecule has 0 spiro atoms. The fourth-order valence-corrected chi connectivity index (χ4v) is 2.54. The number of nitrogens with one attached hydrogen (secondary N) is 2. The Morgan fingerprint density at radius 2 is 2.05 bits per heavy atom. The number of halogens is 1. The molecule has 1 aromatic carbocycles. The van der Waals surface area contributed by atoms with E-state index in [9.17, 15) is 9.18 Å². The van der Waals surface area contributed by atoms with Gasteiger partial charge in [-0.3, -0.25) is 0 Å². The zero-order valence-electron chi connectivity index (χ0n) is 11.5. The number of amides is 2. The molecule has 0 heterocycles. The molecule has 3 nitrogen and oxygen atoms in total. The van der Waals surface area contributed by atoms with Crippen LogP contribution in [-0.4, -0.2) is 12.1 Å². The molecule has 1 fully saturated rings. The van der Waals surface area contributed by atoms with Crippen LogP contribution >= 0.6 is 0 Å². The number of carbonyl (C=O) groups excluding carboxylic acids is 1. The summed E-state index contributed by atoms with van der Waals surface area (Å²) in [6.45, 7) is 3.86. The molecule has 1 saturated carbocycles. The van der Waals surface area contributed by atoms with Crippen LogP contribution in [0.25, 0.3) is 0 Å². The Labute approximate surface area is 113 Å². The molecule has 19 heavy (non-hydrogen) atoms. The van der Waals surface area contributed by atoms with Gasteiger partial charge in [-0.2, -0.15) is 0 Å². The maximum Gasteiger partial charge on any atom is 0.319 e. The van der Waals surface area contributed by atoms with Crippen molar-refractivity contribution in [2.75, 3.05) is 5.32 Å². The largest absolute Gasteiger partial charge is 0.335 e. The third-order valence-electron chi connectivity index (χ3n) is 3.86. The van der Waals surface area contributed by atoms with E-state index in [0.717, 1.165) is 19.3 Å². The van der Waals surface area contributed by atoms with E-state index in [2.05, 4.69) is 17.6 Å². The average Bonchev–Trinajstić information content (AvgIpc) is 2.37. The van der Waals surface area contributed by atoms with Crippen LogP contribution in [0.3, 0.4) is 0 Å². The molecule has 2 atom stereocenters. The number of hydrogen-bond donors (Lipinski definition) is 2. The number of benzene rings is 1. The van der Waals surface area contributed by atoms with E-state index in [-0.39, 0.29) is 17.9 Å². The lowest BCUT2D eigenvalue weighted by Crippen LogP contribution is -2.43. The number of aryl methyl sites for hydroxylation is 1. The molecule has 2 unspecified atom stereocenters. The fourth-order valence-electron chi connectivity index (χ4n) is 2.54. The maximum absolute atomic E-state index is 13.4. The number of hydrogen-bond acceptors (Lipinski definition) is 1. The minimum absolute atomic E-state index is 0.226. The van der Waals surface area contributed by atoms with Crippen LogP contribution in [0.5, 0.6) is 0 Å². The first-order valence-electron chi connectivity index (χ1n) is 6.90. The lowest BCUT2D eigenvalue weighted by Gasteiger charge is -2.29. The van der Waals surface area contributed by atoms with Crippen LogP contribution < -0.4 is 10.6 Å². The maximum atomic E-state index is 13.4. The molecule has 0 radical (unpaired) electrons. The van der Waals surface area contributed by atoms with E-state index in [1.165, 1.54) is 12.5 Å². The van der Waals surface area contributed by atoms with Gasteiger partial charge in [0.05, 0.1) is 0 Å². The van der Waals surface area contributed by atoms with Gasteiger partial charge in [0.2, 0.25) is 0 Å². The number of carbonyl (C=O) groups is 1. The van der Waals surface area contributed by atoms with Crippen LogP contribution in [0.15, 0.2) is 18.2 Å². The lowest BCUT2D eigenvalue weighted by atomic mass is 9.86. The van der Waals surface area contributed by atoms with Gasteiger partial charge in [0.25, 0.3) is 0 Å². The third kappa shape index (κ3) is 3.69. The third-order valence-corrected chi connectivity index (χ3v) is 3.86. The summed E-state index contributed by atoms with van der Waals surface area (Å²) in [6.07, 6.45) is 4.58. The van der Waals surface area contributed by atoms with Crippen molar-refractivity contribution in [1.29, 1.82) is 0 Å². The quantitative estimate of drug-likeness (QED) is 0.837. The first-order valence-corrected chi connectivity index (χ1v) is 6.90. The Kier molecular flexibility index (Phi) is 4.40. The van der Waals surface area contributed by atoms with E-state index in [4.69, 9.17) is 0 Å². The van der Waals surface area contributed by atoms with Gasteiger partial charge >= 0.3 is 6.03 Å². The van der Waals surface area contributed by atoms with Crippen molar-refractivity contribution < 1.29 is 9.18 Å². The minimum atomic E-state index is -0.302. The molecule has 1 aromatic rings. The SMILES string of the molecule is Cc1ccc(NC(=O)NC2CCCCC2C)cc1F. The summed E-state index contributed by atoms with van der Waals surface area (Å²) in [4.78, 5) is 11.9. The van der Waals surface area contributed by atoms with Gasteiger partial charge in [-0.05, 0) is 43.4 Å². The van der Waals surface area contributed by atoms with Crippen molar-refractivity contribution in [3.05, 3.63) is 29.6 Å². The predicted octanol–water partition coefficient (Wildman–Crippen LogP) is 3.83. The van der Waals surface area contributed by atoms with Crippen molar-refractivity contribution in [2.24, 2.45) is 5.92 Å². The molecular formula is C15H21FN2O. The van der Waals surface area contributed by atoms with Gasteiger partial charge in [-0.25, -0.2) is 9.18 Å². The van der Waals surface area contributed by atoms with Crippen molar-refractivity contribution in [3.8, 4) is 0 Å². The summed E-state index contributed by atoms with van der Waals surface area (Å²) in [7, 11) is 0. The van der Waals surface area contributed by atoms with Gasteiger partial charge in [-0.15, -0.1) is 0 Å². The summed E-state index contributed by atoms with van der Waals surface area (Å²) in [5, 5.41) is 5.67. The van der Waals surface area contributed by atoms with Gasteiger partial charge in [-0.1, -0.05) is 25.8 Å². The highest BCUT2D eigenvalue weighted by molar-refractivity contribution is 5.89. The molecule has 0 bridgehead atoms. The van der Waals surface area contributed by atoms with Crippen LogP contribution in [0, 0.1) is 18.7 Å². The van der Waals surface area contributed by atoms with E-state index in [0.29, 0.717) is 17.2 Å². The predicted molar refractivity (Wildman–Crippen MR) is 74.7 cm³/mol. The Hall–Kier alpha value is -1.58. The summed E-state index contributed by atoms with van der Waals surface area (Å²) in [5.41, 5.74) is 1.07. The van der Waals surface area contributed by atoms with Gasteiger partial charge in [0, 0.05) is 11.7 Å². The van der Waals surface area contributed by atoms with Gasteiger partial charge < -0.3 is 10.6 Å². The Bertz CT molecular complexity index is 461. The van der Waals surface area contributed by atoms with Crippen molar-refractivity contribution in [2.45, 2.75) is 45.6 Å². The van der Waals surface area contributed by atoms with E-state index < -0.39 is 0 Å². The number of anilines is 1. The highest BCUT2D eigenvalue weighted by atomic mass is 19.1. The smallest absolute Gasteiger partial charge is 0.319 e. The first-order chi connectivity index (χ1) is 9.06. The second-order valence-electron chi connectivity index (χ2n) is 5.43. The summed E-state index contributed by atoms with van der Waals surface area (Å²) < 4.78 is 13.4. The Balaban J connectivity index is 1.91. The van der Waals surface area contributed by atoms with Crippen LogP contribution in [0.4, 0.5) is 14.9 Å². The van der Waals surface area contributed by atoms with E-state index in [1.54, 1.807) is 19.1 Å². The summed E-state index contributed by atoms with van der Waals surface area (Å²) in [5.74, 6) is 0.207. The van der Waals surface area contributed by atoms with Gasteiger partial charge in [0.15, 0.2) is 0 Å². The molecule has 104 valence electrons. The van der Waals surface area contributed by atoms with Crippen molar-refractivity contribution in [1.82, 2.24) is 5.32 Å². The Morgan fingerprint density at radius 3 is 2.74 bits per heavy atom. The molecule has 4 heteroatoms. The molecule has 1 aliphatic carbocycles. The average molecular weight is 264 g/mol. The second-order valence-corrected chi connectivity index (χ2v) is 5.43. The first kappa shape index (κ1) is 13.8. The number of rotatable bonds is 2. The summed E-state index contributed by atoms with van der Waals surface area (Å²) in [6, 6.07) is 4.70. The second kappa shape index (κ2) is 6.04. The van der Waals surface area contributed by atoms with Crippen LogP contribution in [-0.2, 0) is 0 Å². The standard InChI is InChI=1S/C15H21FN2O/c1-10-7-8-12(9-13(10)16)17-15(19)18-14-6-4-3-5-11(14)2/h7-9,11,14H,3-6H2,1-2H3,(H2,17,18,19).